The Bertz CT molecular complexity index is 893. The summed E-state index contributed by atoms with van der Waals surface area (Å²) in [4.78, 5) is 0.136. The van der Waals surface area contributed by atoms with Gasteiger partial charge in [-0.2, -0.15) is 8.42 Å². The van der Waals surface area contributed by atoms with E-state index in [-0.39, 0.29) is 15.8 Å². The molecule has 23 heavy (non-hydrogen) atoms. The number of hydrogen-bond acceptors (Lipinski definition) is 4. The third-order valence-corrected chi connectivity index (χ3v) is 5.98. The van der Waals surface area contributed by atoms with Crippen molar-refractivity contribution >= 4 is 44.2 Å². The van der Waals surface area contributed by atoms with Crippen LogP contribution >= 0.6 is 23.4 Å². The van der Waals surface area contributed by atoms with Gasteiger partial charge in [0.25, 0.3) is 10.0 Å². The molecule has 2 aromatic rings. The third kappa shape index (κ3) is 3.36. The van der Waals surface area contributed by atoms with Crippen molar-refractivity contribution in [1.29, 1.82) is 0 Å². The highest BCUT2D eigenvalue weighted by Crippen LogP contribution is 2.32. The van der Waals surface area contributed by atoms with Gasteiger partial charge in [-0.1, -0.05) is 35.5 Å². The Morgan fingerprint density at radius 1 is 1.30 bits per heavy atom. The lowest BCUT2D eigenvalue weighted by Gasteiger charge is -2.18. The first kappa shape index (κ1) is 16.3. The molecule has 0 aliphatic carbocycles. The summed E-state index contributed by atoms with van der Waals surface area (Å²) in [5.74, 6) is -0.255. The number of halogens is 2. The number of fused-ring (bicyclic) bond motifs is 1. The predicted octanol–water partition coefficient (Wildman–Crippen LogP) is 4.19. The first-order valence-electron chi connectivity index (χ1n) is 6.65. The maximum Gasteiger partial charge on any atom is 0.286 e. The summed E-state index contributed by atoms with van der Waals surface area (Å²) in [5, 5.41) is 3.47. The van der Waals surface area contributed by atoms with Gasteiger partial charge >= 0.3 is 0 Å². The number of rotatable bonds is 2. The van der Waals surface area contributed by atoms with Crippen LogP contribution in [0.2, 0.25) is 5.02 Å². The molecule has 3 rings (SSSR count). The van der Waals surface area contributed by atoms with E-state index in [2.05, 4.69) is 9.71 Å². The quantitative estimate of drug-likeness (QED) is 0.861. The van der Waals surface area contributed by atoms with E-state index in [1.165, 1.54) is 18.2 Å². The van der Waals surface area contributed by atoms with Gasteiger partial charge in [-0.15, -0.1) is 4.40 Å². The molecule has 0 unspecified atom stereocenters. The molecule has 0 atom stereocenters. The van der Waals surface area contributed by atoms with Gasteiger partial charge in [-0.05, 0) is 36.8 Å². The minimum atomic E-state index is -3.75. The van der Waals surface area contributed by atoms with Gasteiger partial charge < -0.3 is 5.32 Å². The molecular formula is C15H12ClFN2O2S2. The molecule has 0 bridgehead atoms. The molecule has 0 spiro atoms. The number of nitrogens with zero attached hydrogens (tertiary/aromatic N) is 1. The normalized spacial score (nSPS) is 15.5. The topological polar surface area (TPSA) is 58.5 Å². The average Bonchev–Trinajstić information content (AvgIpc) is 2.45. The fraction of sp³-hybridized carbons (Fsp3) is 0.133. The molecule has 1 heterocycles. The Hall–Kier alpha value is -1.57. The van der Waals surface area contributed by atoms with E-state index < -0.39 is 15.8 Å². The molecular weight excluding hydrogens is 359 g/mol. The summed E-state index contributed by atoms with van der Waals surface area (Å²) < 4.78 is 41.9. The molecule has 8 heteroatoms. The summed E-state index contributed by atoms with van der Waals surface area (Å²) in [7, 11) is -3.75. The monoisotopic (exact) mass is 370 g/mol. The Labute approximate surface area is 142 Å². The number of hydrogen-bond donors (Lipinski definition) is 1. The van der Waals surface area contributed by atoms with Crippen molar-refractivity contribution in [3.05, 3.63) is 58.4 Å². The highest BCUT2D eigenvalue weighted by atomic mass is 35.5. The van der Waals surface area contributed by atoms with Crippen LogP contribution in [0.15, 0.2) is 45.7 Å². The number of benzene rings is 2. The minimum absolute atomic E-state index is 0.136. The number of aryl methyl sites for hydroxylation is 1. The summed E-state index contributed by atoms with van der Waals surface area (Å²) in [6, 6.07) is 9.39. The number of thioether (sulfide) groups is 1. The zero-order chi connectivity index (χ0) is 16.6. The van der Waals surface area contributed by atoms with Crippen molar-refractivity contribution in [2.24, 2.45) is 4.40 Å². The maximum absolute atomic E-state index is 13.8. The molecule has 120 valence electrons. The fourth-order valence-corrected chi connectivity index (χ4v) is 4.70. The first-order valence-corrected chi connectivity index (χ1v) is 9.45. The summed E-state index contributed by atoms with van der Waals surface area (Å²) in [6.07, 6.45) is 0. The van der Waals surface area contributed by atoms with E-state index in [0.29, 0.717) is 16.3 Å². The molecule has 1 aliphatic heterocycles. The zero-order valence-corrected chi connectivity index (χ0v) is 14.4. The average molecular weight is 371 g/mol. The molecule has 1 aliphatic rings. The number of sulfonamides is 1. The van der Waals surface area contributed by atoms with Gasteiger partial charge in [0.05, 0.1) is 5.69 Å². The lowest BCUT2D eigenvalue weighted by molar-refractivity contribution is 0.598. The van der Waals surface area contributed by atoms with Crippen LogP contribution in [0.25, 0.3) is 0 Å². The summed E-state index contributed by atoms with van der Waals surface area (Å²) >= 11 is 7.06. The Morgan fingerprint density at radius 3 is 2.83 bits per heavy atom. The van der Waals surface area contributed by atoms with Crippen LogP contribution < -0.4 is 5.32 Å². The molecule has 4 nitrogen and oxygen atoms in total. The van der Waals surface area contributed by atoms with Crippen LogP contribution in [-0.4, -0.2) is 13.6 Å². The SMILES string of the molecule is Cc1ccc2c(c1)NC(SCc1c(F)cccc1Cl)=NS2(=O)=O. The van der Waals surface area contributed by atoms with Crippen molar-refractivity contribution in [2.45, 2.75) is 17.6 Å². The molecule has 0 saturated carbocycles. The Kier molecular flexibility index (Phi) is 4.35. The van der Waals surface area contributed by atoms with Crippen molar-refractivity contribution in [3.63, 3.8) is 0 Å². The van der Waals surface area contributed by atoms with E-state index in [1.54, 1.807) is 18.2 Å². The molecule has 0 saturated heterocycles. The minimum Gasteiger partial charge on any atom is -0.333 e. The van der Waals surface area contributed by atoms with E-state index in [1.807, 2.05) is 6.92 Å². The molecule has 2 aromatic carbocycles. The predicted molar refractivity (Wildman–Crippen MR) is 92.1 cm³/mol. The first-order chi connectivity index (χ1) is 10.9. The molecule has 0 fully saturated rings. The van der Waals surface area contributed by atoms with Crippen molar-refractivity contribution in [2.75, 3.05) is 5.32 Å². The Balaban J connectivity index is 1.87. The number of nitrogens with one attached hydrogen (secondary N) is 1. The van der Waals surface area contributed by atoms with Crippen LogP contribution in [-0.2, 0) is 15.8 Å². The zero-order valence-electron chi connectivity index (χ0n) is 12.0. The van der Waals surface area contributed by atoms with E-state index in [4.69, 9.17) is 11.6 Å². The van der Waals surface area contributed by atoms with Gasteiger partial charge in [-0.25, -0.2) is 4.39 Å². The van der Waals surface area contributed by atoms with Gasteiger partial charge in [0.2, 0.25) is 0 Å². The second kappa shape index (κ2) is 6.14. The van der Waals surface area contributed by atoms with Gasteiger partial charge in [0.1, 0.15) is 10.7 Å². The van der Waals surface area contributed by atoms with Gasteiger partial charge in [-0.3, -0.25) is 0 Å². The maximum atomic E-state index is 13.8. The van der Waals surface area contributed by atoms with Crippen molar-refractivity contribution in [1.82, 2.24) is 0 Å². The lowest BCUT2D eigenvalue weighted by atomic mass is 10.2. The smallest absolute Gasteiger partial charge is 0.286 e. The summed E-state index contributed by atoms with van der Waals surface area (Å²) in [5.41, 5.74) is 1.72. The molecule has 1 N–H and O–H groups in total. The molecule has 0 radical (unpaired) electrons. The van der Waals surface area contributed by atoms with Crippen LogP contribution in [0.5, 0.6) is 0 Å². The van der Waals surface area contributed by atoms with Crippen LogP contribution in [0.4, 0.5) is 10.1 Å². The highest BCUT2D eigenvalue weighted by molar-refractivity contribution is 8.14. The second-order valence-electron chi connectivity index (χ2n) is 4.99. The van der Waals surface area contributed by atoms with E-state index in [9.17, 15) is 12.8 Å². The van der Waals surface area contributed by atoms with Crippen molar-refractivity contribution < 1.29 is 12.8 Å². The summed E-state index contributed by atoms with van der Waals surface area (Å²) in [6.45, 7) is 1.87. The Morgan fingerprint density at radius 2 is 2.09 bits per heavy atom. The highest BCUT2D eigenvalue weighted by Gasteiger charge is 2.25. The number of amidine groups is 1. The van der Waals surface area contributed by atoms with Crippen LogP contribution in [0, 0.1) is 12.7 Å². The standard InChI is InChI=1S/C15H12ClFN2O2S2/c1-9-5-6-14-13(7-9)18-15(19-23(14,20)21)22-8-10-11(16)3-2-4-12(10)17/h2-7H,8H2,1H3,(H,18,19). The van der Waals surface area contributed by atoms with Crippen LogP contribution in [0.1, 0.15) is 11.1 Å². The van der Waals surface area contributed by atoms with Gasteiger partial charge in [0, 0.05) is 16.3 Å². The third-order valence-electron chi connectivity index (χ3n) is 3.27. The van der Waals surface area contributed by atoms with E-state index >= 15 is 0 Å². The fourth-order valence-electron chi connectivity index (χ4n) is 2.14. The molecule has 0 amide bonds. The lowest BCUT2D eigenvalue weighted by Crippen LogP contribution is -2.19. The van der Waals surface area contributed by atoms with Crippen molar-refractivity contribution in [3.8, 4) is 0 Å². The molecule has 0 aromatic heterocycles. The van der Waals surface area contributed by atoms with Crippen LogP contribution in [0.3, 0.4) is 0 Å². The largest absolute Gasteiger partial charge is 0.333 e. The van der Waals surface area contributed by atoms with Gasteiger partial charge in [0.15, 0.2) is 5.17 Å². The van der Waals surface area contributed by atoms with E-state index in [0.717, 1.165) is 17.3 Å². The second-order valence-corrected chi connectivity index (χ2v) is 7.93. The number of anilines is 1.